The number of nitrogens with one attached hydrogen (secondary N) is 1. The first-order valence-electron chi connectivity index (χ1n) is 5.43. The van der Waals surface area contributed by atoms with E-state index >= 15 is 0 Å². The fraction of sp³-hybridized carbons (Fsp3) is 0.900. The molecule has 4 heteroatoms. The summed E-state index contributed by atoms with van der Waals surface area (Å²) in [5.41, 5.74) is 2.93. The van der Waals surface area contributed by atoms with Gasteiger partial charge in [0.05, 0.1) is 0 Å². The van der Waals surface area contributed by atoms with Gasteiger partial charge in [-0.2, -0.15) is 0 Å². The fourth-order valence-corrected chi connectivity index (χ4v) is 1.81. The monoisotopic (exact) mass is 218 g/mol. The van der Waals surface area contributed by atoms with E-state index in [4.69, 9.17) is 11.6 Å². The van der Waals surface area contributed by atoms with Gasteiger partial charge < -0.3 is 0 Å². The number of rotatable bonds is 5. The number of hydrogen-bond acceptors (Lipinski definition) is 2. The van der Waals surface area contributed by atoms with Crippen LogP contribution in [0.25, 0.3) is 0 Å². The highest BCUT2D eigenvalue weighted by Gasteiger charge is 2.11. The van der Waals surface area contributed by atoms with Gasteiger partial charge in [0.1, 0.15) is 0 Å². The van der Waals surface area contributed by atoms with E-state index in [1.807, 2.05) is 5.01 Å². The smallest absolute Gasteiger partial charge is 0.234 e. The third kappa shape index (κ3) is 4.82. The molecule has 1 fully saturated rings. The second-order valence-electron chi connectivity index (χ2n) is 3.73. The number of carbonyl (C=O) groups excluding carboxylic acids is 1. The van der Waals surface area contributed by atoms with Gasteiger partial charge in [0.15, 0.2) is 0 Å². The summed E-state index contributed by atoms with van der Waals surface area (Å²) in [5.74, 6) is 0.786. The van der Waals surface area contributed by atoms with Gasteiger partial charge in [-0.1, -0.05) is 6.42 Å². The molecule has 0 radical (unpaired) electrons. The Kier molecular flexibility index (Phi) is 5.96. The minimum atomic E-state index is 0.136. The van der Waals surface area contributed by atoms with Crippen molar-refractivity contribution in [3.63, 3.8) is 0 Å². The molecule has 0 aromatic carbocycles. The van der Waals surface area contributed by atoms with Crippen LogP contribution in [0.15, 0.2) is 0 Å². The van der Waals surface area contributed by atoms with Crippen LogP contribution < -0.4 is 5.43 Å². The highest BCUT2D eigenvalue weighted by Crippen LogP contribution is 2.06. The SMILES string of the molecule is O=C(CCCCCl)NN1CCCCC1. The van der Waals surface area contributed by atoms with Crippen LogP contribution in [0.4, 0.5) is 0 Å². The molecular weight excluding hydrogens is 200 g/mol. The molecular formula is C10H19ClN2O. The number of alkyl halides is 1. The molecule has 0 aromatic heterocycles. The van der Waals surface area contributed by atoms with Crippen molar-refractivity contribution in [3.05, 3.63) is 0 Å². The average Bonchev–Trinajstić information content (AvgIpc) is 2.20. The molecule has 0 spiro atoms. The molecule has 1 rings (SSSR count). The Balaban J connectivity index is 2.06. The number of piperidine rings is 1. The summed E-state index contributed by atoms with van der Waals surface area (Å²) in [6, 6.07) is 0. The van der Waals surface area contributed by atoms with Gasteiger partial charge in [-0.05, 0) is 25.7 Å². The lowest BCUT2D eigenvalue weighted by Gasteiger charge is -2.26. The Bertz CT molecular complexity index is 170. The van der Waals surface area contributed by atoms with E-state index in [2.05, 4.69) is 5.43 Å². The summed E-state index contributed by atoms with van der Waals surface area (Å²) >= 11 is 5.53. The zero-order valence-corrected chi connectivity index (χ0v) is 9.35. The molecule has 1 aliphatic rings. The molecule has 1 aliphatic heterocycles. The Hall–Kier alpha value is -0.280. The molecule has 1 saturated heterocycles. The molecule has 82 valence electrons. The van der Waals surface area contributed by atoms with E-state index < -0.39 is 0 Å². The van der Waals surface area contributed by atoms with Crippen LogP contribution in [0.3, 0.4) is 0 Å². The lowest BCUT2D eigenvalue weighted by molar-refractivity contribution is -0.126. The summed E-state index contributed by atoms with van der Waals surface area (Å²) < 4.78 is 0. The topological polar surface area (TPSA) is 32.3 Å². The summed E-state index contributed by atoms with van der Waals surface area (Å²) in [6.07, 6.45) is 6.10. The summed E-state index contributed by atoms with van der Waals surface area (Å²) in [5, 5.41) is 2.03. The highest BCUT2D eigenvalue weighted by molar-refractivity contribution is 6.17. The molecule has 14 heavy (non-hydrogen) atoms. The van der Waals surface area contributed by atoms with Gasteiger partial charge in [-0.15, -0.1) is 11.6 Å². The van der Waals surface area contributed by atoms with Gasteiger partial charge in [0, 0.05) is 25.4 Å². The third-order valence-corrected chi connectivity index (χ3v) is 2.69. The summed E-state index contributed by atoms with van der Waals surface area (Å²) in [7, 11) is 0. The second kappa shape index (κ2) is 7.07. The van der Waals surface area contributed by atoms with Crippen molar-refractivity contribution in [2.45, 2.75) is 38.5 Å². The van der Waals surface area contributed by atoms with E-state index in [0.717, 1.165) is 25.9 Å². The molecule has 0 aromatic rings. The number of amides is 1. The van der Waals surface area contributed by atoms with Gasteiger partial charge in [0.25, 0.3) is 0 Å². The number of unbranched alkanes of at least 4 members (excludes halogenated alkanes) is 1. The average molecular weight is 219 g/mol. The number of halogens is 1. The number of nitrogens with zero attached hydrogens (tertiary/aromatic N) is 1. The predicted molar refractivity (Wildman–Crippen MR) is 58.1 cm³/mol. The van der Waals surface area contributed by atoms with Crippen molar-refractivity contribution < 1.29 is 4.79 Å². The molecule has 0 atom stereocenters. The van der Waals surface area contributed by atoms with Crippen molar-refractivity contribution >= 4 is 17.5 Å². The Morgan fingerprint density at radius 1 is 1.21 bits per heavy atom. The van der Waals surface area contributed by atoms with Crippen LogP contribution in [0, 0.1) is 0 Å². The van der Waals surface area contributed by atoms with Crippen LogP contribution in [-0.4, -0.2) is 29.9 Å². The standard InChI is InChI=1S/C10H19ClN2O/c11-7-3-2-6-10(14)12-13-8-4-1-5-9-13/h1-9H2,(H,12,14). The first-order valence-corrected chi connectivity index (χ1v) is 5.97. The summed E-state index contributed by atoms with van der Waals surface area (Å²) in [6.45, 7) is 2.00. The quantitative estimate of drug-likeness (QED) is 0.565. The van der Waals surface area contributed by atoms with E-state index in [1.54, 1.807) is 0 Å². The molecule has 3 nitrogen and oxygen atoms in total. The Morgan fingerprint density at radius 3 is 2.57 bits per heavy atom. The molecule has 0 aliphatic carbocycles. The van der Waals surface area contributed by atoms with Crippen LogP contribution in [0.2, 0.25) is 0 Å². The van der Waals surface area contributed by atoms with Crippen LogP contribution >= 0.6 is 11.6 Å². The van der Waals surface area contributed by atoms with E-state index in [9.17, 15) is 4.79 Å². The van der Waals surface area contributed by atoms with E-state index in [0.29, 0.717) is 12.3 Å². The predicted octanol–water partition coefficient (Wildman–Crippen LogP) is 1.91. The highest BCUT2D eigenvalue weighted by atomic mass is 35.5. The first-order chi connectivity index (χ1) is 6.83. The van der Waals surface area contributed by atoms with Crippen LogP contribution in [0.1, 0.15) is 38.5 Å². The van der Waals surface area contributed by atoms with Gasteiger partial charge in [-0.3, -0.25) is 10.2 Å². The van der Waals surface area contributed by atoms with Gasteiger partial charge in [0.2, 0.25) is 5.91 Å². The maximum Gasteiger partial charge on any atom is 0.234 e. The molecule has 1 heterocycles. The third-order valence-electron chi connectivity index (χ3n) is 2.43. The van der Waals surface area contributed by atoms with Crippen LogP contribution in [0.5, 0.6) is 0 Å². The molecule has 1 N–H and O–H groups in total. The van der Waals surface area contributed by atoms with Gasteiger partial charge >= 0.3 is 0 Å². The van der Waals surface area contributed by atoms with Crippen molar-refractivity contribution in [1.29, 1.82) is 0 Å². The van der Waals surface area contributed by atoms with Crippen molar-refractivity contribution in [2.24, 2.45) is 0 Å². The lowest BCUT2D eigenvalue weighted by atomic mass is 10.2. The maximum atomic E-state index is 11.4. The molecule has 0 bridgehead atoms. The van der Waals surface area contributed by atoms with E-state index in [-0.39, 0.29) is 5.91 Å². The van der Waals surface area contributed by atoms with Crippen molar-refractivity contribution in [3.8, 4) is 0 Å². The minimum Gasteiger partial charge on any atom is -0.289 e. The summed E-state index contributed by atoms with van der Waals surface area (Å²) in [4.78, 5) is 11.4. The minimum absolute atomic E-state index is 0.136. The number of hydrazine groups is 1. The normalized spacial score (nSPS) is 18.1. The van der Waals surface area contributed by atoms with E-state index in [1.165, 1.54) is 19.3 Å². The zero-order chi connectivity index (χ0) is 10.2. The van der Waals surface area contributed by atoms with Crippen molar-refractivity contribution in [1.82, 2.24) is 10.4 Å². The number of hydrogen-bond donors (Lipinski definition) is 1. The lowest BCUT2D eigenvalue weighted by Crippen LogP contribution is -2.44. The largest absolute Gasteiger partial charge is 0.289 e. The zero-order valence-electron chi connectivity index (χ0n) is 8.60. The number of carbonyl (C=O) groups is 1. The maximum absolute atomic E-state index is 11.4. The first kappa shape index (κ1) is 11.8. The molecule has 1 amide bonds. The van der Waals surface area contributed by atoms with Crippen molar-refractivity contribution in [2.75, 3.05) is 19.0 Å². The fourth-order valence-electron chi connectivity index (χ4n) is 1.62. The second-order valence-corrected chi connectivity index (χ2v) is 4.11. The van der Waals surface area contributed by atoms with Gasteiger partial charge in [-0.25, -0.2) is 5.01 Å². The molecule has 0 unspecified atom stereocenters. The Labute approximate surface area is 90.8 Å². The molecule has 0 saturated carbocycles. The van der Waals surface area contributed by atoms with Crippen LogP contribution in [-0.2, 0) is 4.79 Å². The Morgan fingerprint density at radius 2 is 1.93 bits per heavy atom.